The van der Waals surface area contributed by atoms with Crippen LogP contribution in [0.3, 0.4) is 0 Å². The summed E-state index contributed by atoms with van der Waals surface area (Å²) in [4.78, 5) is 27.6. The van der Waals surface area contributed by atoms with E-state index in [1.54, 1.807) is 17.0 Å². The summed E-state index contributed by atoms with van der Waals surface area (Å²) >= 11 is 1.48. The minimum absolute atomic E-state index is 0.0659. The molecule has 0 aliphatic heterocycles. The van der Waals surface area contributed by atoms with Gasteiger partial charge in [-0.1, -0.05) is 50.2 Å². The number of carbonyl (C=O) groups is 2. The molecule has 2 rings (SSSR count). The molecule has 0 aliphatic rings. The Morgan fingerprint density at radius 1 is 1.10 bits per heavy atom. The number of hydrogen-bond donors (Lipinski definition) is 1. The van der Waals surface area contributed by atoms with Gasteiger partial charge in [-0.2, -0.15) is 0 Å². The molecular formula is C24H31FN2O2S. The van der Waals surface area contributed by atoms with Crippen molar-refractivity contribution in [1.29, 1.82) is 0 Å². The molecule has 0 heterocycles. The molecule has 0 saturated carbocycles. The lowest BCUT2D eigenvalue weighted by molar-refractivity contribution is -0.139. The zero-order valence-electron chi connectivity index (χ0n) is 18.0. The summed E-state index contributed by atoms with van der Waals surface area (Å²) in [5.74, 6) is 0.436. The van der Waals surface area contributed by atoms with E-state index in [2.05, 4.69) is 5.32 Å². The number of benzene rings is 2. The molecule has 0 spiro atoms. The van der Waals surface area contributed by atoms with Gasteiger partial charge in [0.1, 0.15) is 11.9 Å². The third-order valence-electron chi connectivity index (χ3n) is 4.94. The Balaban J connectivity index is 2.11. The van der Waals surface area contributed by atoms with Gasteiger partial charge in [0.15, 0.2) is 0 Å². The van der Waals surface area contributed by atoms with Crippen molar-refractivity contribution in [3.05, 3.63) is 71.0 Å². The molecule has 162 valence electrons. The average molecular weight is 431 g/mol. The first kappa shape index (κ1) is 23.9. The Morgan fingerprint density at radius 3 is 2.43 bits per heavy atom. The van der Waals surface area contributed by atoms with E-state index >= 15 is 0 Å². The van der Waals surface area contributed by atoms with E-state index in [-0.39, 0.29) is 23.4 Å². The molecule has 0 bridgehead atoms. The molecule has 4 nitrogen and oxygen atoms in total. The minimum Gasteiger partial charge on any atom is -0.354 e. The first-order chi connectivity index (χ1) is 14.5. The van der Waals surface area contributed by atoms with Crippen molar-refractivity contribution in [1.82, 2.24) is 10.2 Å². The van der Waals surface area contributed by atoms with Crippen molar-refractivity contribution in [2.24, 2.45) is 0 Å². The molecule has 2 aromatic carbocycles. The summed E-state index contributed by atoms with van der Waals surface area (Å²) in [5.41, 5.74) is 3.10. The summed E-state index contributed by atoms with van der Waals surface area (Å²) in [5, 5.41) is 2.93. The highest BCUT2D eigenvalue weighted by atomic mass is 32.2. The van der Waals surface area contributed by atoms with E-state index < -0.39 is 6.04 Å². The van der Waals surface area contributed by atoms with E-state index in [1.807, 2.05) is 45.0 Å². The van der Waals surface area contributed by atoms with Crippen LogP contribution >= 0.6 is 11.8 Å². The number of thioether (sulfide) groups is 1. The highest BCUT2D eigenvalue weighted by Gasteiger charge is 2.28. The molecule has 2 aromatic rings. The molecule has 0 aliphatic carbocycles. The van der Waals surface area contributed by atoms with Gasteiger partial charge in [0.25, 0.3) is 0 Å². The van der Waals surface area contributed by atoms with Crippen molar-refractivity contribution in [2.75, 3.05) is 12.3 Å². The molecular weight excluding hydrogens is 399 g/mol. The Morgan fingerprint density at radius 2 is 1.80 bits per heavy atom. The van der Waals surface area contributed by atoms with E-state index in [0.29, 0.717) is 25.3 Å². The molecule has 1 N–H and O–H groups in total. The third-order valence-corrected chi connectivity index (χ3v) is 5.93. The zero-order chi connectivity index (χ0) is 21.9. The maximum Gasteiger partial charge on any atom is 0.242 e. The molecule has 1 atom stereocenters. The molecule has 30 heavy (non-hydrogen) atoms. The van der Waals surface area contributed by atoms with Crippen LogP contribution in [-0.2, 0) is 21.9 Å². The highest BCUT2D eigenvalue weighted by Crippen LogP contribution is 2.19. The van der Waals surface area contributed by atoms with Crippen LogP contribution in [-0.4, -0.2) is 35.1 Å². The van der Waals surface area contributed by atoms with Crippen molar-refractivity contribution >= 4 is 23.6 Å². The van der Waals surface area contributed by atoms with E-state index in [9.17, 15) is 14.0 Å². The molecule has 2 amide bonds. The normalized spacial score (nSPS) is 11.7. The quantitative estimate of drug-likeness (QED) is 0.562. The van der Waals surface area contributed by atoms with Gasteiger partial charge in [-0.25, -0.2) is 4.39 Å². The Bertz CT molecular complexity index is 826. The number of carbonyl (C=O) groups excluding carboxylic acids is 2. The second kappa shape index (κ2) is 12.4. The Hall–Kier alpha value is -2.34. The van der Waals surface area contributed by atoms with Crippen LogP contribution in [0.1, 0.15) is 43.4 Å². The fourth-order valence-corrected chi connectivity index (χ4v) is 4.05. The predicted octanol–water partition coefficient (Wildman–Crippen LogP) is 4.70. The van der Waals surface area contributed by atoms with Crippen molar-refractivity contribution in [3.63, 3.8) is 0 Å². The minimum atomic E-state index is -0.505. The molecule has 0 unspecified atom stereocenters. The van der Waals surface area contributed by atoms with Gasteiger partial charge < -0.3 is 10.2 Å². The number of nitrogens with one attached hydrogen (secondary N) is 1. The lowest BCUT2D eigenvalue weighted by Gasteiger charge is -2.31. The van der Waals surface area contributed by atoms with Gasteiger partial charge in [-0.3, -0.25) is 9.59 Å². The van der Waals surface area contributed by atoms with Crippen LogP contribution in [0.5, 0.6) is 0 Å². The van der Waals surface area contributed by atoms with Crippen molar-refractivity contribution in [3.8, 4) is 0 Å². The van der Waals surface area contributed by atoms with Gasteiger partial charge >= 0.3 is 0 Å². The second-order valence-electron chi connectivity index (χ2n) is 7.28. The highest BCUT2D eigenvalue weighted by molar-refractivity contribution is 7.99. The summed E-state index contributed by atoms with van der Waals surface area (Å²) < 4.78 is 13.1. The lowest BCUT2D eigenvalue weighted by atomic mass is 10.1. The number of rotatable bonds is 11. The summed E-state index contributed by atoms with van der Waals surface area (Å²) in [6.07, 6.45) is 1.40. The van der Waals surface area contributed by atoms with Crippen LogP contribution in [0.15, 0.2) is 48.5 Å². The van der Waals surface area contributed by atoms with Crippen LogP contribution in [0.25, 0.3) is 0 Å². The zero-order valence-corrected chi connectivity index (χ0v) is 18.8. The number of aryl methyl sites for hydroxylation is 1. The van der Waals surface area contributed by atoms with Crippen LogP contribution in [0.4, 0.5) is 4.39 Å². The van der Waals surface area contributed by atoms with Crippen LogP contribution in [0, 0.1) is 12.7 Å². The maximum absolute atomic E-state index is 13.1. The lowest BCUT2D eigenvalue weighted by Crippen LogP contribution is -2.49. The monoisotopic (exact) mass is 430 g/mol. The van der Waals surface area contributed by atoms with E-state index in [4.69, 9.17) is 0 Å². The standard InChI is InChI=1S/C24H31FN2O2S/c1-4-14-26-24(29)22(5-2)27(15-20-9-7-6-8-18(20)3)23(28)17-30-16-19-10-12-21(25)13-11-19/h6-13,22H,4-5,14-17H2,1-3H3,(H,26,29)/t22-/m1/s1. The molecule has 0 saturated heterocycles. The second-order valence-corrected chi connectivity index (χ2v) is 8.27. The largest absolute Gasteiger partial charge is 0.354 e. The van der Waals surface area contributed by atoms with Gasteiger partial charge in [0, 0.05) is 18.8 Å². The van der Waals surface area contributed by atoms with E-state index in [0.717, 1.165) is 23.1 Å². The number of nitrogens with zero attached hydrogens (tertiary/aromatic N) is 1. The predicted molar refractivity (Wildman–Crippen MR) is 122 cm³/mol. The molecule has 0 aromatic heterocycles. The van der Waals surface area contributed by atoms with Gasteiger partial charge in [0.05, 0.1) is 5.75 Å². The Labute approximate surface area is 183 Å². The summed E-state index contributed by atoms with van der Waals surface area (Å²) in [7, 11) is 0. The number of halogens is 1. The fourth-order valence-electron chi connectivity index (χ4n) is 3.18. The van der Waals surface area contributed by atoms with Crippen LogP contribution in [0.2, 0.25) is 0 Å². The van der Waals surface area contributed by atoms with Crippen molar-refractivity contribution < 1.29 is 14.0 Å². The van der Waals surface area contributed by atoms with Crippen molar-refractivity contribution in [2.45, 2.75) is 52.0 Å². The van der Waals surface area contributed by atoms with Gasteiger partial charge in [-0.05, 0) is 48.6 Å². The molecule has 6 heteroatoms. The first-order valence-electron chi connectivity index (χ1n) is 10.4. The first-order valence-corrected chi connectivity index (χ1v) is 11.6. The number of amides is 2. The van der Waals surface area contributed by atoms with Gasteiger partial charge in [-0.15, -0.1) is 11.8 Å². The molecule has 0 radical (unpaired) electrons. The van der Waals surface area contributed by atoms with Crippen LogP contribution < -0.4 is 5.32 Å². The third kappa shape index (κ3) is 7.17. The Kier molecular flexibility index (Phi) is 9.87. The maximum atomic E-state index is 13.1. The average Bonchev–Trinajstić information content (AvgIpc) is 2.74. The summed E-state index contributed by atoms with van der Waals surface area (Å²) in [6.45, 7) is 6.95. The topological polar surface area (TPSA) is 49.4 Å². The fraction of sp³-hybridized carbons (Fsp3) is 0.417. The van der Waals surface area contributed by atoms with Gasteiger partial charge in [0.2, 0.25) is 11.8 Å². The smallest absolute Gasteiger partial charge is 0.242 e. The number of hydrogen-bond acceptors (Lipinski definition) is 3. The SMILES string of the molecule is CCCNC(=O)[C@@H](CC)N(Cc1ccccc1C)C(=O)CSCc1ccc(F)cc1. The summed E-state index contributed by atoms with van der Waals surface area (Å²) in [6, 6.07) is 13.7. The van der Waals surface area contributed by atoms with E-state index in [1.165, 1.54) is 23.9 Å². The molecule has 0 fully saturated rings.